The maximum atomic E-state index is 10.7. The summed E-state index contributed by atoms with van der Waals surface area (Å²) in [7, 11) is 0. The van der Waals surface area contributed by atoms with Gasteiger partial charge in [0.15, 0.2) is 0 Å². The van der Waals surface area contributed by atoms with Crippen molar-refractivity contribution < 1.29 is 14.6 Å². The topological polar surface area (TPSA) is 46.5 Å². The number of carboxylic acid groups (broad SMARTS) is 1. The summed E-state index contributed by atoms with van der Waals surface area (Å²) in [5, 5.41) is 8.81. The van der Waals surface area contributed by atoms with Crippen LogP contribution in [0.15, 0.2) is 36.4 Å². The number of hydrogen-bond acceptors (Lipinski definition) is 2. The molecule has 1 aliphatic rings. The van der Waals surface area contributed by atoms with Gasteiger partial charge in [-0.05, 0) is 42.4 Å². The van der Waals surface area contributed by atoms with E-state index in [0.29, 0.717) is 24.0 Å². The van der Waals surface area contributed by atoms with Crippen molar-refractivity contribution in [3.8, 4) is 0 Å². The minimum absolute atomic E-state index is 0.315. The summed E-state index contributed by atoms with van der Waals surface area (Å²) in [4.78, 5) is 10.7. The van der Waals surface area contributed by atoms with Crippen molar-refractivity contribution in [1.82, 2.24) is 0 Å². The first-order chi connectivity index (χ1) is 9.16. The number of allylic oxidation sites excluding steroid dienone is 2. The average Bonchev–Trinajstić information content (AvgIpc) is 2.41. The Hall–Kier alpha value is -1.61. The Kier molecular flexibility index (Phi) is 4.74. The molecule has 19 heavy (non-hydrogen) atoms. The average molecular weight is 260 g/mol. The van der Waals surface area contributed by atoms with E-state index in [1.54, 1.807) is 12.1 Å². The predicted molar refractivity (Wildman–Crippen MR) is 74.1 cm³/mol. The quantitative estimate of drug-likeness (QED) is 0.824. The molecule has 0 saturated heterocycles. The van der Waals surface area contributed by atoms with Gasteiger partial charge in [0.25, 0.3) is 0 Å². The number of ether oxygens (including phenoxy) is 1. The number of carboxylic acids is 1. The highest BCUT2D eigenvalue weighted by Gasteiger charge is 2.18. The zero-order chi connectivity index (χ0) is 13.7. The van der Waals surface area contributed by atoms with Gasteiger partial charge < -0.3 is 9.84 Å². The van der Waals surface area contributed by atoms with E-state index in [0.717, 1.165) is 25.0 Å². The van der Waals surface area contributed by atoms with E-state index >= 15 is 0 Å². The minimum Gasteiger partial charge on any atom is -0.478 e. The van der Waals surface area contributed by atoms with E-state index in [2.05, 4.69) is 19.1 Å². The van der Waals surface area contributed by atoms with Crippen LogP contribution < -0.4 is 0 Å². The Labute approximate surface area is 113 Å². The standard InChI is InChI=1S/C16H20O3/c1-12-4-2-3-5-15(12)11-19-10-13-6-8-14(9-7-13)16(17)18/h2-3,6-9,12,15H,4-5,10-11H2,1H3,(H,17,18). The van der Waals surface area contributed by atoms with Crippen LogP contribution in [0.25, 0.3) is 0 Å². The van der Waals surface area contributed by atoms with Gasteiger partial charge in [0.05, 0.1) is 18.8 Å². The number of carbonyl (C=O) groups is 1. The van der Waals surface area contributed by atoms with E-state index in [9.17, 15) is 4.79 Å². The van der Waals surface area contributed by atoms with Crippen LogP contribution in [0.4, 0.5) is 0 Å². The van der Waals surface area contributed by atoms with Crippen molar-refractivity contribution >= 4 is 5.97 Å². The molecule has 0 radical (unpaired) electrons. The van der Waals surface area contributed by atoms with Crippen LogP contribution in [0.1, 0.15) is 35.7 Å². The van der Waals surface area contributed by atoms with Crippen molar-refractivity contribution in [3.63, 3.8) is 0 Å². The van der Waals surface area contributed by atoms with Crippen LogP contribution in [0.3, 0.4) is 0 Å². The molecule has 0 heterocycles. The summed E-state index contributed by atoms with van der Waals surface area (Å²) in [5.74, 6) is 0.387. The lowest BCUT2D eigenvalue weighted by atomic mass is 9.85. The van der Waals surface area contributed by atoms with Crippen molar-refractivity contribution in [2.45, 2.75) is 26.4 Å². The van der Waals surface area contributed by atoms with Crippen molar-refractivity contribution in [2.75, 3.05) is 6.61 Å². The zero-order valence-corrected chi connectivity index (χ0v) is 11.2. The molecule has 0 amide bonds. The monoisotopic (exact) mass is 260 g/mol. The molecule has 2 rings (SSSR count). The molecular weight excluding hydrogens is 240 g/mol. The highest BCUT2D eigenvalue weighted by Crippen LogP contribution is 2.25. The number of rotatable bonds is 5. The molecule has 3 heteroatoms. The molecule has 1 aliphatic carbocycles. The molecular formula is C16H20O3. The van der Waals surface area contributed by atoms with Gasteiger partial charge in [-0.3, -0.25) is 0 Å². The molecule has 3 nitrogen and oxygen atoms in total. The van der Waals surface area contributed by atoms with Gasteiger partial charge in [-0.1, -0.05) is 31.2 Å². The van der Waals surface area contributed by atoms with E-state index in [1.807, 2.05) is 12.1 Å². The van der Waals surface area contributed by atoms with Crippen molar-refractivity contribution in [2.24, 2.45) is 11.8 Å². The molecule has 1 aromatic rings. The normalized spacial score (nSPS) is 22.4. The Morgan fingerprint density at radius 3 is 2.58 bits per heavy atom. The lowest BCUT2D eigenvalue weighted by molar-refractivity contribution is 0.0675. The first-order valence-electron chi connectivity index (χ1n) is 6.72. The summed E-state index contributed by atoms with van der Waals surface area (Å²) in [6.07, 6.45) is 6.71. The van der Waals surface area contributed by atoms with Crippen LogP contribution in [0.2, 0.25) is 0 Å². The third-order valence-electron chi connectivity index (χ3n) is 3.72. The predicted octanol–water partition coefficient (Wildman–Crippen LogP) is 3.50. The zero-order valence-electron chi connectivity index (χ0n) is 11.2. The SMILES string of the molecule is CC1CC=CCC1COCc1ccc(C(=O)O)cc1. The van der Waals surface area contributed by atoms with Crippen LogP contribution in [-0.4, -0.2) is 17.7 Å². The van der Waals surface area contributed by atoms with Crippen LogP contribution in [0, 0.1) is 11.8 Å². The van der Waals surface area contributed by atoms with E-state index in [1.165, 1.54) is 0 Å². The highest BCUT2D eigenvalue weighted by molar-refractivity contribution is 5.87. The van der Waals surface area contributed by atoms with Gasteiger partial charge in [0.1, 0.15) is 0 Å². The molecule has 0 fully saturated rings. The Bertz CT molecular complexity index is 448. The fourth-order valence-electron chi connectivity index (χ4n) is 2.31. The third kappa shape index (κ3) is 3.93. The fraction of sp³-hybridized carbons (Fsp3) is 0.438. The van der Waals surface area contributed by atoms with E-state index in [-0.39, 0.29) is 0 Å². The highest BCUT2D eigenvalue weighted by atomic mass is 16.5. The Morgan fingerprint density at radius 2 is 1.95 bits per heavy atom. The third-order valence-corrected chi connectivity index (χ3v) is 3.72. The Balaban J connectivity index is 1.79. The molecule has 0 aromatic heterocycles. The Morgan fingerprint density at radius 1 is 1.26 bits per heavy atom. The van der Waals surface area contributed by atoms with Crippen LogP contribution in [-0.2, 0) is 11.3 Å². The summed E-state index contributed by atoms with van der Waals surface area (Å²) in [5.41, 5.74) is 1.33. The van der Waals surface area contributed by atoms with Gasteiger partial charge in [0, 0.05) is 0 Å². The fourth-order valence-corrected chi connectivity index (χ4v) is 2.31. The lowest BCUT2D eigenvalue weighted by Crippen LogP contribution is -2.19. The second-order valence-corrected chi connectivity index (χ2v) is 5.20. The smallest absolute Gasteiger partial charge is 0.335 e. The summed E-state index contributed by atoms with van der Waals surface area (Å²) < 4.78 is 5.75. The molecule has 2 unspecified atom stereocenters. The van der Waals surface area contributed by atoms with E-state index < -0.39 is 5.97 Å². The number of hydrogen-bond donors (Lipinski definition) is 1. The van der Waals surface area contributed by atoms with Gasteiger partial charge in [0.2, 0.25) is 0 Å². The number of aromatic carboxylic acids is 1. The molecule has 0 saturated carbocycles. The van der Waals surface area contributed by atoms with Crippen LogP contribution >= 0.6 is 0 Å². The van der Waals surface area contributed by atoms with Crippen molar-refractivity contribution in [1.29, 1.82) is 0 Å². The second kappa shape index (κ2) is 6.53. The molecule has 0 aliphatic heterocycles. The van der Waals surface area contributed by atoms with Gasteiger partial charge >= 0.3 is 5.97 Å². The molecule has 0 spiro atoms. The van der Waals surface area contributed by atoms with Gasteiger partial charge in [-0.25, -0.2) is 4.79 Å². The van der Waals surface area contributed by atoms with Gasteiger partial charge in [-0.15, -0.1) is 0 Å². The van der Waals surface area contributed by atoms with Crippen molar-refractivity contribution in [3.05, 3.63) is 47.5 Å². The van der Waals surface area contributed by atoms with E-state index in [4.69, 9.17) is 9.84 Å². The minimum atomic E-state index is -0.893. The summed E-state index contributed by atoms with van der Waals surface area (Å²) >= 11 is 0. The van der Waals surface area contributed by atoms with Crippen LogP contribution in [0.5, 0.6) is 0 Å². The lowest BCUT2D eigenvalue weighted by Gasteiger charge is -2.24. The summed E-state index contributed by atoms with van der Waals surface area (Å²) in [6, 6.07) is 6.86. The molecule has 2 atom stereocenters. The largest absolute Gasteiger partial charge is 0.478 e. The molecule has 1 aromatic carbocycles. The first kappa shape index (κ1) is 13.8. The first-order valence-corrected chi connectivity index (χ1v) is 6.72. The maximum Gasteiger partial charge on any atom is 0.335 e. The van der Waals surface area contributed by atoms with Gasteiger partial charge in [-0.2, -0.15) is 0 Å². The second-order valence-electron chi connectivity index (χ2n) is 5.20. The molecule has 0 bridgehead atoms. The number of benzene rings is 1. The molecule has 102 valence electrons. The maximum absolute atomic E-state index is 10.7. The summed E-state index contributed by atoms with van der Waals surface area (Å²) in [6.45, 7) is 3.58. The molecule has 1 N–H and O–H groups in total.